The quantitative estimate of drug-likeness (QED) is 0.721. The molecule has 0 fully saturated rings. The third kappa shape index (κ3) is 2.56. The van der Waals surface area contributed by atoms with Gasteiger partial charge in [-0.05, 0) is 17.7 Å². The number of hydrogen-bond acceptors (Lipinski definition) is 4. The molecule has 0 aliphatic carbocycles. The fraction of sp³-hybridized carbons (Fsp3) is 0.188. The van der Waals surface area contributed by atoms with Gasteiger partial charge in [0.05, 0.1) is 29.8 Å². The minimum absolute atomic E-state index is 0.436. The smallest absolute Gasteiger partial charge is 0.155 e. The number of nitrogens with one attached hydrogen (secondary N) is 2. The highest BCUT2D eigenvalue weighted by molar-refractivity contribution is 6.41. The second kappa shape index (κ2) is 6.18. The number of fused-ring (bicyclic) bond motifs is 1. The summed E-state index contributed by atoms with van der Waals surface area (Å²) in [4.78, 5) is 0. The molecule has 0 radical (unpaired) electrons. The average molecular weight is 352 g/mol. The van der Waals surface area contributed by atoms with Crippen LogP contribution in [0.25, 0.3) is 22.0 Å². The summed E-state index contributed by atoms with van der Waals surface area (Å²) < 4.78 is 10.6. The molecule has 120 valence electrons. The van der Waals surface area contributed by atoms with Crippen LogP contribution in [-0.2, 0) is 0 Å². The lowest BCUT2D eigenvalue weighted by molar-refractivity contribution is 0.395. The van der Waals surface area contributed by atoms with Crippen molar-refractivity contribution in [3.8, 4) is 22.6 Å². The largest absolute Gasteiger partial charge is 0.495 e. The van der Waals surface area contributed by atoms with Gasteiger partial charge in [0.15, 0.2) is 5.82 Å². The lowest BCUT2D eigenvalue weighted by atomic mass is 10.0. The summed E-state index contributed by atoms with van der Waals surface area (Å²) in [6.07, 6.45) is 0. The number of ether oxygens (including phenoxy) is 2. The minimum atomic E-state index is 0.436. The lowest BCUT2D eigenvalue weighted by Crippen LogP contribution is -1.93. The van der Waals surface area contributed by atoms with E-state index in [1.807, 2.05) is 25.2 Å². The van der Waals surface area contributed by atoms with Crippen LogP contribution in [0.5, 0.6) is 11.5 Å². The molecule has 0 aliphatic rings. The Morgan fingerprint density at radius 1 is 1.04 bits per heavy atom. The van der Waals surface area contributed by atoms with Crippen LogP contribution in [0, 0.1) is 0 Å². The zero-order valence-corrected chi connectivity index (χ0v) is 14.3. The Morgan fingerprint density at radius 2 is 1.70 bits per heavy atom. The van der Waals surface area contributed by atoms with Gasteiger partial charge in [-0.15, -0.1) is 0 Å². The molecule has 2 aromatic carbocycles. The van der Waals surface area contributed by atoms with Crippen LogP contribution in [0.2, 0.25) is 10.0 Å². The highest BCUT2D eigenvalue weighted by Crippen LogP contribution is 2.46. The molecule has 1 heterocycles. The average Bonchev–Trinajstić information content (AvgIpc) is 2.97. The molecule has 1 aromatic heterocycles. The molecule has 23 heavy (non-hydrogen) atoms. The molecular formula is C16H15Cl2N3O2. The Morgan fingerprint density at radius 3 is 2.26 bits per heavy atom. The Kier molecular flexibility index (Phi) is 4.24. The molecule has 2 N–H and O–H groups in total. The van der Waals surface area contributed by atoms with E-state index in [4.69, 9.17) is 32.7 Å². The molecule has 0 unspecified atom stereocenters. The number of H-pyrrole nitrogens is 1. The molecule has 3 rings (SSSR count). The molecule has 0 spiro atoms. The lowest BCUT2D eigenvalue weighted by Gasteiger charge is -2.14. The van der Waals surface area contributed by atoms with E-state index in [2.05, 4.69) is 15.5 Å². The Balaban J connectivity index is 2.25. The van der Waals surface area contributed by atoms with E-state index in [-0.39, 0.29) is 0 Å². The van der Waals surface area contributed by atoms with Crippen LogP contribution in [0.1, 0.15) is 0 Å². The number of aromatic nitrogens is 2. The highest BCUT2D eigenvalue weighted by atomic mass is 35.5. The zero-order chi connectivity index (χ0) is 16.6. The molecule has 5 nitrogen and oxygen atoms in total. The summed E-state index contributed by atoms with van der Waals surface area (Å²) in [7, 11) is 4.93. The first kappa shape index (κ1) is 15.8. The fourth-order valence-electron chi connectivity index (χ4n) is 2.50. The molecule has 3 aromatic rings. The van der Waals surface area contributed by atoms with Crippen molar-refractivity contribution >= 4 is 39.9 Å². The van der Waals surface area contributed by atoms with Crippen molar-refractivity contribution < 1.29 is 9.47 Å². The normalized spacial score (nSPS) is 10.8. The maximum absolute atomic E-state index is 6.46. The van der Waals surface area contributed by atoms with Crippen molar-refractivity contribution in [2.75, 3.05) is 26.6 Å². The molecule has 0 aliphatic heterocycles. The van der Waals surface area contributed by atoms with Gasteiger partial charge in [0.25, 0.3) is 0 Å². The van der Waals surface area contributed by atoms with Gasteiger partial charge in [0.1, 0.15) is 11.5 Å². The van der Waals surface area contributed by atoms with Crippen LogP contribution in [0.3, 0.4) is 0 Å². The van der Waals surface area contributed by atoms with Gasteiger partial charge in [-0.1, -0.05) is 29.3 Å². The third-order valence-electron chi connectivity index (χ3n) is 3.66. The number of rotatable bonds is 4. The van der Waals surface area contributed by atoms with Crippen molar-refractivity contribution in [3.05, 3.63) is 34.3 Å². The van der Waals surface area contributed by atoms with E-state index >= 15 is 0 Å². The van der Waals surface area contributed by atoms with E-state index in [1.54, 1.807) is 20.3 Å². The first-order chi connectivity index (χ1) is 11.1. The van der Waals surface area contributed by atoms with Crippen molar-refractivity contribution in [1.29, 1.82) is 0 Å². The highest BCUT2D eigenvalue weighted by Gasteiger charge is 2.19. The number of anilines is 1. The number of nitrogens with zero attached hydrogens (tertiary/aromatic N) is 1. The predicted octanol–water partition coefficient (Wildman–Crippen LogP) is 4.60. The maximum atomic E-state index is 6.46. The third-order valence-corrected chi connectivity index (χ3v) is 4.41. The van der Waals surface area contributed by atoms with Gasteiger partial charge in [-0.25, -0.2) is 0 Å². The standard InChI is InChI=1S/C16H15Cl2N3O2/c1-19-16-9-5-4-8(6-10(9)20-21-16)13-14(17)11(22-2)7-12(23-3)15(13)18/h4-7H,1-3H3,(H2,19,20,21). The summed E-state index contributed by atoms with van der Waals surface area (Å²) in [6, 6.07) is 7.50. The summed E-state index contributed by atoms with van der Waals surface area (Å²) >= 11 is 12.9. The van der Waals surface area contributed by atoms with Crippen molar-refractivity contribution in [3.63, 3.8) is 0 Å². The maximum Gasteiger partial charge on any atom is 0.155 e. The van der Waals surface area contributed by atoms with E-state index in [9.17, 15) is 0 Å². The van der Waals surface area contributed by atoms with E-state index in [0.717, 1.165) is 22.3 Å². The zero-order valence-electron chi connectivity index (χ0n) is 12.8. The van der Waals surface area contributed by atoms with Gasteiger partial charge in [-0.2, -0.15) is 5.10 Å². The van der Waals surface area contributed by atoms with Crippen molar-refractivity contribution in [1.82, 2.24) is 10.2 Å². The van der Waals surface area contributed by atoms with Gasteiger partial charge < -0.3 is 14.8 Å². The number of benzene rings is 2. The van der Waals surface area contributed by atoms with Crippen LogP contribution < -0.4 is 14.8 Å². The monoisotopic (exact) mass is 351 g/mol. The van der Waals surface area contributed by atoms with E-state index in [1.165, 1.54) is 0 Å². The van der Waals surface area contributed by atoms with E-state index < -0.39 is 0 Å². The van der Waals surface area contributed by atoms with Crippen LogP contribution in [0.15, 0.2) is 24.3 Å². The second-order valence-electron chi connectivity index (χ2n) is 4.87. The minimum Gasteiger partial charge on any atom is -0.495 e. The summed E-state index contributed by atoms with van der Waals surface area (Å²) in [5.41, 5.74) is 2.38. The molecular weight excluding hydrogens is 337 g/mol. The second-order valence-corrected chi connectivity index (χ2v) is 5.62. The predicted molar refractivity (Wildman–Crippen MR) is 94.2 cm³/mol. The Labute approximate surface area is 143 Å². The molecule has 0 amide bonds. The Hall–Kier alpha value is -2.11. The first-order valence-corrected chi connectivity index (χ1v) is 7.62. The van der Waals surface area contributed by atoms with E-state index in [0.29, 0.717) is 27.1 Å². The van der Waals surface area contributed by atoms with Crippen molar-refractivity contribution in [2.24, 2.45) is 0 Å². The number of methoxy groups -OCH3 is 2. The van der Waals surface area contributed by atoms with Crippen LogP contribution in [0.4, 0.5) is 5.82 Å². The fourth-order valence-corrected chi connectivity index (χ4v) is 3.22. The van der Waals surface area contributed by atoms with Gasteiger partial charge in [0, 0.05) is 24.1 Å². The number of halogens is 2. The van der Waals surface area contributed by atoms with Gasteiger partial charge in [0.2, 0.25) is 0 Å². The summed E-state index contributed by atoms with van der Waals surface area (Å²) in [6.45, 7) is 0. The summed E-state index contributed by atoms with van der Waals surface area (Å²) in [5.74, 6) is 1.79. The number of aromatic amines is 1. The number of hydrogen-bond donors (Lipinski definition) is 2. The van der Waals surface area contributed by atoms with Gasteiger partial charge in [-0.3, -0.25) is 5.10 Å². The molecule has 0 saturated carbocycles. The topological polar surface area (TPSA) is 59.2 Å². The first-order valence-electron chi connectivity index (χ1n) is 6.87. The molecule has 0 saturated heterocycles. The Bertz CT molecular complexity index is 849. The molecule has 7 heteroatoms. The molecule has 0 atom stereocenters. The van der Waals surface area contributed by atoms with Crippen LogP contribution in [-0.4, -0.2) is 31.5 Å². The summed E-state index contributed by atoms with van der Waals surface area (Å²) in [5, 5.41) is 12.1. The SMILES string of the molecule is CNc1n[nH]c2cc(-c3c(Cl)c(OC)cc(OC)c3Cl)ccc12. The molecule has 0 bridgehead atoms. The van der Waals surface area contributed by atoms with Gasteiger partial charge >= 0.3 is 0 Å². The van der Waals surface area contributed by atoms with Crippen LogP contribution >= 0.6 is 23.2 Å². The van der Waals surface area contributed by atoms with Crippen molar-refractivity contribution in [2.45, 2.75) is 0 Å².